The van der Waals surface area contributed by atoms with Crippen LogP contribution in [0, 0.1) is 0 Å². The van der Waals surface area contributed by atoms with Crippen LogP contribution >= 0.6 is 15.9 Å². The van der Waals surface area contributed by atoms with Gasteiger partial charge in [-0.05, 0) is 24.5 Å². The maximum atomic E-state index is 12.1. The summed E-state index contributed by atoms with van der Waals surface area (Å²) in [5, 5.41) is 2.99. The smallest absolute Gasteiger partial charge is 0.317 e. The third-order valence-corrected chi connectivity index (χ3v) is 4.60. The largest absolute Gasteiger partial charge is 0.334 e. The van der Waals surface area contributed by atoms with E-state index in [0.29, 0.717) is 12.6 Å². The van der Waals surface area contributed by atoms with Gasteiger partial charge in [-0.3, -0.25) is 0 Å². The van der Waals surface area contributed by atoms with Gasteiger partial charge in [0.05, 0.1) is 0 Å². The molecule has 0 heterocycles. The van der Waals surface area contributed by atoms with Gasteiger partial charge < -0.3 is 10.2 Å². The van der Waals surface area contributed by atoms with Crippen molar-refractivity contribution in [2.24, 2.45) is 0 Å². The minimum absolute atomic E-state index is 0.0302. The molecule has 0 atom stereocenters. The Morgan fingerprint density at radius 1 is 1.32 bits per heavy atom. The number of amides is 2. The molecule has 3 nitrogen and oxygen atoms in total. The van der Waals surface area contributed by atoms with Crippen molar-refractivity contribution < 1.29 is 4.79 Å². The highest BCUT2D eigenvalue weighted by molar-refractivity contribution is 9.10. The van der Waals surface area contributed by atoms with Crippen LogP contribution in [-0.4, -0.2) is 24.0 Å². The van der Waals surface area contributed by atoms with Gasteiger partial charge in [0.2, 0.25) is 0 Å². The minimum atomic E-state index is 0.0302. The van der Waals surface area contributed by atoms with Crippen LogP contribution in [0.15, 0.2) is 28.7 Å². The molecule has 4 heteroatoms. The van der Waals surface area contributed by atoms with Crippen molar-refractivity contribution in [2.75, 3.05) is 7.05 Å². The monoisotopic (exact) mass is 324 g/mol. The molecule has 2 amide bonds. The van der Waals surface area contributed by atoms with Crippen molar-refractivity contribution in [3.8, 4) is 0 Å². The highest BCUT2D eigenvalue weighted by atomic mass is 79.9. The second kappa shape index (κ2) is 6.94. The van der Waals surface area contributed by atoms with Crippen LogP contribution in [0.2, 0.25) is 0 Å². The number of nitrogens with one attached hydrogen (secondary N) is 1. The molecular formula is C15H21BrN2O. The molecule has 104 valence electrons. The summed E-state index contributed by atoms with van der Waals surface area (Å²) in [6.45, 7) is 0.567. The van der Waals surface area contributed by atoms with E-state index in [0.717, 1.165) is 22.9 Å². The van der Waals surface area contributed by atoms with Crippen LogP contribution in [0.5, 0.6) is 0 Å². The molecule has 1 aromatic carbocycles. The van der Waals surface area contributed by atoms with E-state index in [4.69, 9.17) is 0 Å². The van der Waals surface area contributed by atoms with Crippen LogP contribution < -0.4 is 5.32 Å². The van der Waals surface area contributed by atoms with Crippen molar-refractivity contribution >= 4 is 22.0 Å². The summed E-state index contributed by atoms with van der Waals surface area (Å²) in [6, 6.07) is 8.41. The van der Waals surface area contributed by atoms with Crippen molar-refractivity contribution in [3.63, 3.8) is 0 Å². The van der Waals surface area contributed by atoms with Gasteiger partial charge in [0, 0.05) is 24.1 Å². The lowest BCUT2D eigenvalue weighted by atomic mass is 9.95. The fourth-order valence-corrected chi connectivity index (χ4v) is 3.00. The first-order valence-electron chi connectivity index (χ1n) is 6.92. The van der Waals surface area contributed by atoms with E-state index in [1.165, 1.54) is 19.3 Å². The summed E-state index contributed by atoms with van der Waals surface area (Å²) < 4.78 is 1.04. The summed E-state index contributed by atoms with van der Waals surface area (Å²) in [5.74, 6) is 0. The van der Waals surface area contributed by atoms with Crippen molar-refractivity contribution in [1.82, 2.24) is 10.2 Å². The fourth-order valence-electron chi connectivity index (χ4n) is 2.57. The standard InChI is InChI=1S/C15H21BrN2O/c1-18(13-8-3-2-4-9-13)15(19)17-11-12-7-5-6-10-14(12)16/h5-7,10,13H,2-4,8-9,11H2,1H3,(H,17,19). The Morgan fingerprint density at radius 2 is 2.00 bits per heavy atom. The molecule has 0 unspecified atom stereocenters. The van der Waals surface area contributed by atoms with E-state index in [-0.39, 0.29) is 6.03 Å². The third kappa shape index (κ3) is 3.96. The number of hydrogen-bond acceptors (Lipinski definition) is 1. The van der Waals surface area contributed by atoms with Gasteiger partial charge >= 0.3 is 6.03 Å². The topological polar surface area (TPSA) is 32.3 Å². The van der Waals surface area contributed by atoms with Crippen molar-refractivity contribution in [3.05, 3.63) is 34.3 Å². The van der Waals surface area contributed by atoms with Crippen molar-refractivity contribution in [1.29, 1.82) is 0 Å². The molecule has 19 heavy (non-hydrogen) atoms. The van der Waals surface area contributed by atoms with Crippen molar-refractivity contribution in [2.45, 2.75) is 44.7 Å². The molecule has 0 saturated heterocycles. The average Bonchev–Trinajstić information content (AvgIpc) is 2.46. The second-order valence-corrected chi connectivity index (χ2v) is 6.01. The van der Waals surface area contributed by atoms with Crippen LogP contribution in [0.3, 0.4) is 0 Å². The first-order valence-corrected chi connectivity index (χ1v) is 7.72. The number of hydrogen-bond donors (Lipinski definition) is 1. The summed E-state index contributed by atoms with van der Waals surface area (Å²) in [4.78, 5) is 14.0. The number of nitrogens with zero attached hydrogens (tertiary/aromatic N) is 1. The Kier molecular flexibility index (Phi) is 5.25. The Morgan fingerprint density at radius 3 is 2.68 bits per heavy atom. The Hall–Kier alpha value is -1.03. The minimum Gasteiger partial charge on any atom is -0.334 e. The number of carbonyl (C=O) groups is 1. The van der Waals surface area contributed by atoms with E-state index in [9.17, 15) is 4.79 Å². The molecule has 1 aliphatic carbocycles. The molecule has 1 aromatic rings. The normalized spacial score (nSPS) is 16.1. The molecule has 2 rings (SSSR count). The maximum absolute atomic E-state index is 12.1. The first-order chi connectivity index (χ1) is 9.18. The molecule has 1 fully saturated rings. The number of benzene rings is 1. The molecule has 0 bridgehead atoms. The SMILES string of the molecule is CN(C(=O)NCc1ccccc1Br)C1CCCCC1. The average molecular weight is 325 g/mol. The van der Waals surface area contributed by atoms with Gasteiger partial charge in [-0.2, -0.15) is 0 Å². The summed E-state index contributed by atoms with van der Waals surface area (Å²) in [7, 11) is 1.91. The van der Waals surface area contributed by atoms with Gasteiger partial charge in [-0.1, -0.05) is 53.4 Å². The van der Waals surface area contributed by atoms with E-state index < -0.39 is 0 Å². The third-order valence-electron chi connectivity index (χ3n) is 3.83. The highest BCUT2D eigenvalue weighted by Gasteiger charge is 2.21. The summed E-state index contributed by atoms with van der Waals surface area (Å²) >= 11 is 3.50. The first kappa shape index (κ1) is 14.4. The second-order valence-electron chi connectivity index (χ2n) is 5.15. The predicted molar refractivity (Wildman–Crippen MR) is 81.0 cm³/mol. The summed E-state index contributed by atoms with van der Waals surface area (Å²) in [6.07, 6.45) is 6.07. The van der Waals surface area contributed by atoms with Gasteiger partial charge in [0.1, 0.15) is 0 Å². The fraction of sp³-hybridized carbons (Fsp3) is 0.533. The van der Waals surface area contributed by atoms with E-state index in [1.54, 1.807) is 0 Å². The molecule has 0 aliphatic heterocycles. The quantitative estimate of drug-likeness (QED) is 0.897. The van der Waals surface area contributed by atoms with Gasteiger partial charge in [-0.25, -0.2) is 4.79 Å². The number of rotatable bonds is 3. The van der Waals surface area contributed by atoms with Gasteiger partial charge in [0.25, 0.3) is 0 Å². The van der Waals surface area contributed by atoms with Gasteiger partial charge in [0.15, 0.2) is 0 Å². The molecule has 1 aliphatic rings. The highest BCUT2D eigenvalue weighted by Crippen LogP contribution is 2.21. The number of carbonyl (C=O) groups excluding carboxylic acids is 1. The van der Waals surface area contributed by atoms with Crippen LogP contribution in [0.4, 0.5) is 4.79 Å². The van der Waals surface area contributed by atoms with Gasteiger partial charge in [-0.15, -0.1) is 0 Å². The Labute approximate surface area is 123 Å². The summed E-state index contributed by atoms with van der Waals surface area (Å²) in [5.41, 5.74) is 1.10. The molecule has 0 spiro atoms. The van der Waals surface area contributed by atoms with E-state index >= 15 is 0 Å². The molecular weight excluding hydrogens is 304 g/mol. The molecule has 1 N–H and O–H groups in total. The lowest BCUT2D eigenvalue weighted by Crippen LogP contribution is -2.44. The van der Waals surface area contributed by atoms with E-state index in [1.807, 2.05) is 36.2 Å². The number of halogens is 1. The maximum Gasteiger partial charge on any atom is 0.317 e. The lowest BCUT2D eigenvalue weighted by Gasteiger charge is -2.31. The molecule has 1 saturated carbocycles. The lowest BCUT2D eigenvalue weighted by molar-refractivity contribution is 0.173. The zero-order valence-electron chi connectivity index (χ0n) is 11.4. The molecule has 0 aromatic heterocycles. The number of urea groups is 1. The molecule has 0 radical (unpaired) electrons. The Balaban J connectivity index is 1.85. The van der Waals surface area contributed by atoms with E-state index in [2.05, 4.69) is 21.2 Å². The van der Waals surface area contributed by atoms with Crippen LogP contribution in [0.25, 0.3) is 0 Å². The van der Waals surface area contributed by atoms with Crippen LogP contribution in [0.1, 0.15) is 37.7 Å². The zero-order chi connectivity index (χ0) is 13.7. The zero-order valence-corrected chi connectivity index (χ0v) is 12.9. The Bertz CT molecular complexity index is 430. The predicted octanol–water partition coefficient (Wildman–Crippen LogP) is 3.92. The van der Waals surface area contributed by atoms with Crippen LogP contribution in [-0.2, 0) is 6.54 Å².